The second kappa shape index (κ2) is 4.13. The van der Waals surface area contributed by atoms with Gasteiger partial charge in [-0.2, -0.15) is 0 Å². The third-order valence-electron chi connectivity index (χ3n) is 2.27. The van der Waals surface area contributed by atoms with E-state index in [0.29, 0.717) is 0 Å². The highest BCUT2D eigenvalue weighted by Crippen LogP contribution is 2.17. The molecule has 0 aliphatic carbocycles. The van der Waals surface area contributed by atoms with E-state index in [-0.39, 0.29) is 0 Å². The van der Waals surface area contributed by atoms with Crippen molar-refractivity contribution in [1.82, 2.24) is 0 Å². The lowest BCUT2D eigenvalue weighted by Crippen LogP contribution is -2.08. The van der Waals surface area contributed by atoms with E-state index in [1.807, 2.05) is 0 Å². The molecule has 1 aromatic rings. The highest BCUT2D eigenvalue weighted by molar-refractivity contribution is 5.65. The summed E-state index contributed by atoms with van der Waals surface area (Å²) in [6, 6.07) is 8.60. The third-order valence-corrected chi connectivity index (χ3v) is 2.27. The number of rotatable bonds is 2. The molecule has 0 amide bonds. The zero-order chi connectivity index (χ0) is 9.84. The van der Waals surface area contributed by atoms with E-state index in [9.17, 15) is 0 Å². The molecule has 0 aromatic heterocycles. The van der Waals surface area contributed by atoms with Crippen LogP contribution in [0.4, 0.5) is 5.69 Å². The van der Waals surface area contributed by atoms with E-state index in [4.69, 9.17) is 0 Å². The van der Waals surface area contributed by atoms with Crippen LogP contribution in [0.2, 0.25) is 0 Å². The van der Waals surface area contributed by atoms with Crippen molar-refractivity contribution in [3.8, 4) is 0 Å². The Morgan fingerprint density at radius 3 is 2.08 bits per heavy atom. The Balaban J connectivity index is 2.94. The van der Waals surface area contributed by atoms with Crippen LogP contribution in [0.15, 0.2) is 30.3 Å². The summed E-state index contributed by atoms with van der Waals surface area (Å²) in [5.74, 6) is 0. The van der Waals surface area contributed by atoms with Gasteiger partial charge >= 0.3 is 0 Å². The second-order valence-corrected chi connectivity index (χ2v) is 3.41. The van der Waals surface area contributed by atoms with Gasteiger partial charge in [-0.05, 0) is 37.1 Å². The summed E-state index contributed by atoms with van der Waals surface area (Å²) < 4.78 is 0. The Hall–Kier alpha value is -1.24. The number of hydrogen-bond acceptors (Lipinski definition) is 1. The Kier molecular flexibility index (Phi) is 3.13. The summed E-state index contributed by atoms with van der Waals surface area (Å²) in [7, 11) is 4.11. The van der Waals surface area contributed by atoms with Gasteiger partial charge in [0.25, 0.3) is 0 Å². The van der Waals surface area contributed by atoms with Crippen LogP contribution in [-0.4, -0.2) is 14.1 Å². The standard InChI is InChI=1S/C12H17N/c1-5-10(2)11-6-8-12(9-7-11)13(3)4/h5-9H,1-4H3/b10-5-. The SMILES string of the molecule is C/C=C(/C)c1ccc(N(C)C)cc1. The summed E-state index contributed by atoms with van der Waals surface area (Å²) in [5, 5.41) is 0. The molecule has 13 heavy (non-hydrogen) atoms. The Bertz CT molecular complexity index is 293. The van der Waals surface area contributed by atoms with E-state index in [1.54, 1.807) is 0 Å². The molecule has 0 aliphatic rings. The van der Waals surface area contributed by atoms with Crippen LogP contribution in [0.25, 0.3) is 5.57 Å². The molecule has 0 saturated heterocycles. The lowest BCUT2D eigenvalue weighted by Gasteiger charge is -2.12. The van der Waals surface area contributed by atoms with Gasteiger partial charge in [-0.15, -0.1) is 0 Å². The molecule has 0 radical (unpaired) electrons. The molecule has 0 fully saturated rings. The molecule has 0 heterocycles. The molecule has 0 aliphatic heterocycles. The molecule has 70 valence electrons. The van der Waals surface area contributed by atoms with Gasteiger partial charge < -0.3 is 4.90 Å². The molecular weight excluding hydrogens is 158 g/mol. The van der Waals surface area contributed by atoms with Crippen molar-refractivity contribution in [3.05, 3.63) is 35.9 Å². The molecule has 1 rings (SSSR count). The molecule has 0 spiro atoms. The fraction of sp³-hybridized carbons (Fsp3) is 0.333. The van der Waals surface area contributed by atoms with Gasteiger partial charge in [0.15, 0.2) is 0 Å². The smallest absolute Gasteiger partial charge is 0.0361 e. The minimum absolute atomic E-state index is 1.24. The average molecular weight is 175 g/mol. The predicted molar refractivity (Wildman–Crippen MR) is 60.1 cm³/mol. The van der Waals surface area contributed by atoms with E-state index in [0.717, 1.165) is 0 Å². The maximum atomic E-state index is 2.16. The number of hydrogen-bond donors (Lipinski definition) is 0. The number of nitrogens with zero attached hydrogens (tertiary/aromatic N) is 1. The second-order valence-electron chi connectivity index (χ2n) is 3.41. The highest BCUT2D eigenvalue weighted by Gasteiger charge is 1.96. The van der Waals surface area contributed by atoms with Crippen molar-refractivity contribution < 1.29 is 0 Å². The van der Waals surface area contributed by atoms with Crippen LogP contribution in [0.3, 0.4) is 0 Å². The van der Waals surface area contributed by atoms with E-state index < -0.39 is 0 Å². The fourth-order valence-electron chi connectivity index (χ4n) is 1.19. The van der Waals surface area contributed by atoms with Crippen molar-refractivity contribution in [2.75, 3.05) is 19.0 Å². The minimum atomic E-state index is 1.24. The van der Waals surface area contributed by atoms with Crippen molar-refractivity contribution in [2.45, 2.75) is 13.8 Å². The van der Waals surface area contributed by atoms with Gasteiger partial charge in [-0.1, -0.05) is 18.2 Å². The van der Waals surface area contributed by atoms with Crippen LogP contribution < -0.4 is 4.90 Å². The van der Waals surface area contributed by atoms with Gasteiger partial charge in [0.2, 0.25) is 0 Å². The largest absolute Gasteiger partial charge is 0.378 e. The van der Waals surface area contributed by atoms with Crippen LogP contribution in [-0.2, 0) is 0 Å². The van der Waals surface area contributed by atoms with Crippen LogP contribution >= 0.6 is 0 Å². The van der Waals surface area contributed by atoms with Gasteiger partial charge in [-0.25, -0.2) is 0 Å². The van der Waals surface area contributed by atoms with Gasteiger partial charge in [-0.3, -0.25) is 0 Å². The molecule has 0 saturated carbocycles. The maximum Gasteiger partial charge on any atom is 0.0361 e. The molecule has 0 N–H and O–H groups in total. The number of anilines is 1. The van der Waals surface area contributed by atoms with Crippen LogP contribution in [0.5, 0.6) is 0 Å². The van der Waals surface area contributed by atoms with Crippen LogP contribution in [0, 0.1) is 0 Å². The first-order valence-corrected chi connectivity index (χ1v) is 4.56. The quantitative estimate of drug-likeness (QED) is 0.667. The number of allylic oxidation sites excluding steroid dienone is 2. The fourth-order valence-corrected chi connectivity index (χ4v) is 1.19. The van der Waals surface area contributed by atoms with Gasteiger partial charge in [0, 0.05) is 19.8 Å². The molecule has 1 nitrogen and oxygen atoms in total. The summed E-state index contributed by atoms with van der Waals surface area (Å²) in [6.07, 6.45) is 2.13. The summed E-state index contributed by atoms with van der Waals surface area (Å²) in [4.78, 5) is 2.11. The molecule has 1 aromatic carbocycles. The van der Waals surface area contributed by atoms with Gasteiger partial charge in [0.1, 0.15) is 0 Å². The predicted octanol–water partition coefficient (Wildman–Crippen LogP) is 3.18. The lowest BCUT2D eigenvalue weighted by atomic mass is 10.1. The summed E-state index contributed by atoms with van der Waals surface area (Å²) in [6.45, 7) is 4.19. The Morgan fingerprint density at radius 2 is 1.69 bits per heavy atom. The zero-order valence-electron chi connectivity index (χ0n) is 8.83. The molecule has 0 atom stereocenters. The van der Waals surface area contributed by atoms with E-state index in [2.05, 4.69) is 63.2 Å². The van der Waals surface area contributed by atoms with E-state index in [1.165, 1.54) is 16.8 Å². The lowest BCUT2D eigenvalue weighted by molar-refractivity contribution is 1.13. The van der Waals surface area contributed by atoms with E-state index >= 15 is 0 Å². The first-order chi connectivity index (χ1) is 6.15. The van der Waals surface area contributed by atoms with Crippen molar-refractivity contribution >= 4 is 11.3 Å². The summed E-state index contributed by atoms with van der Waals surface area (Å²) >= 11 is 0. The topological polar surface area (TPSA) is 3.24 Å². The van der Waals surface area contributed by atoms with Gasteiger partial charge in [0.05, 0.1) is 0 Å². The maximum absolute atomic E-state index is 2.16. The average Bonchev–Trinajstić information content (AvgIpc) is 2.17. The molecule has 0 unspecified atom stereocenters. The van der Waals surface area contributed by atoms with Crippen molar-refractivity contribution in [1.29, 1.82) is 0 Å². The molecular formula is C12H17N. The molecule has 1 heteroatoms. The molecule has 0 bridgehead atoms. The number of benzene rings is 1. The van der Waals surface area contributed by atoms with Crippen LogP contribution in [0.1, 0.15) is 19.4 Å². The first kappa shape index (κ1) is 9.85. The van der Waals surface area contributed by atoms with Crippen molar-refractivity contribution in [2.24, 2.45) is 0 Å². The highest BCUT2D eigenvalue weighted by atomic mass is 15.1. The summed E-state index contributed by atoms with van der Waals surface area (Å²) in [5.41, 5.74) is 3.87. The first-order valence-electron chi connectivity index (χ1n) is 4.56. The third kappa shape index (κ3) is 2.35. The Morgan fingerprint density at radius 1 is 1.15 bits per heavy atom. The zero-order valence-corrected chi connectivity index (χ0v) is 8.83. The Labute approximate surface area is 80.7 Å². The normalized spacial score (nSPS) is 11.5. The van der Waals surface area contributed by atoms with Crippen molar-refractivity contribution in [3.63, 3.8) is 0 Å². The minimum Gasteiger partial charge on any atom is -0.378 e. The monoisotopic (exact) mass is 175 g/mol.